The summed E-state index contributed by atoms with van der Waals surface area (Å²) in [6.45, 7) is 0. The van der Waals surface area contributed by atoms with Crippen molar-refractivity contribution in [2.45, 2.75) is 19.3 Å². The second kappa shape index (κ2) is 5.25. The predicted octanol–water partition coefficient (Wildman–Crippen LogP) is 2.92. The van der Waals surface area contributed by atoms with Crippen LogP contribution in [0.4, 0.5) is 0 Å². The first-order chi connectivity index (χ1) is 9.67. The molecule has 0 N–H and O–H groups in total. The molecule has 1 saturated carbocycles. The molecular weight excluding hydrogens is 280 g/mol. The molecule has 5 nitrogen and oxygen atoms in total. The number of hydrogen-bond donors (Lipinski definition) is 0. The van der Waals surface area contributed by atoms with E-state index in [2.05, 4.69) is 10.1 Å². The number of ketones is 1. The summed E-state index contributed by atoms with van der Waals surface area (Å²) >= 11 is 5.91. The van der Waals surface area contributed by atoms with E-state index in [1.165, 1.54) is 0 Å². The number of rotatable bonds is 5. The number of Topliss-reactive ketones (excluding diaryl/α,β-unsaturated/α-hetero) is 1. The fourth-order valence-electron chi connectivity index (χ4n) is 1.98. The SMILES string of the molecule is COc1cc(Cl)ccc1-c1noc(CC(=O)C2CC2)n1. The summed E-state index contributed by atoms with van der Waals surface area (Å²) in [7, 11) is 1.55. The molecule has 104 valence electrons. The zero-order valence-electron chi connectivity index (χ0n) is 10.9. The molecule has 1 aromatic carbocycles. The van der Waals surface area contributed by atoms with Crippen LogP contribution < -0.4 is 4.74 Å². The van der Waals surface area contributed by atoms with Crippen molar-refractivity contribution in [1.29, 1.82) is 0 Å². The average molecular weight is 293 g/mol. The Kier molecular flexibility index (Phi) is 3.44. The maximum absolute atomic E-state index is 11.7. The van der Waals surface area contributed by atoms with Crippen LogP contribution in [-0.2, 0) is 11.2 Å². The molecule has 1 aromatic heterocycles. The first-order valence-corrected chi connectivity index (χ1v) is 6.74. The van der Waals surface area contributed by atoms with E-state index >= 15 is 0 Å². The molecule has 0 saturated heterocycles. The van der Waals surface area contributed by atoms with Crippen LogP contribution in [0.5, 0.6) is 5.75 Å². The summed E-state index contributed by atoms with van der Waals surface area (Å²) in [4.78, 5) is 16.0. The summed E-state index contributed by atoms with van der Waals surface area (Å²) in [6.07, 6.45) is 2.16. The molecule has 0 aliphatic heterocycles. The van der Waals surface area contributed by atoms with Gasteiger partial charge in [0.1, 0.15) is 11.5 Å². The number of carbonyl (C=O) groups excluding carboxylic acids is 1. The van der Waals surface area contributed by atoms with Crippen LogP contribution >= 0.6 is 11.6 Å². The lowest BCUT2D eigenvalue weighted by Crippen LogP contribution is -2.04. The molecule has 1 heterocycles. The van der Waals surface area contributed by atoms with E-state index in [0.29, 0.717) is 28.1 Å². The van der Waals surface area contributed by atoms with Gasteiger partial charge in [-0.25, -0.2) is 0 Å². The number of halogens is 1. The van der Waals surface area contributed by atoms with Crippen molar-refractivity contribution < 1.29 is 14.1 Å². The monoisotopic (exact) mass is 292 g/mol. The maximum Gasteiger partial charge on any atom is 0.234 e. The van der Waals surface area contributed by atoms with Gasteiger partial charge in [0.15, 0.2) is 0 Å². The fourth-order valence-corrected chi connectivity index (χ4v) is 2.15. The van der Waals surface area contributed by atoms with Crippen molar-refractivity contribution in [3.63, 3.8) is 0 Å². The molecule has 0 amide bonds. The molecule has 6 heteroatoms. The van der Waals surface area contributed by atoms with Gasteiger partial charge in [0.25, 0.3) is 0 Å². The predicted molar refractivity (Wildman–Crippen MR) is 72.7 cm³/mol. The summed E-state index contributed by atoms with van der Waals surface area (Å²) < 4.78 is 10.4. The summed E-state index contributed by atoms with van der Waals surface area (Å²) in [5.41, 5.74) is 0.686. The Labute approximate surface area is 120 Å². The van der Waals surface area contributed by atoms with E-state index < -0.39 is 0 Å². The molecule has 0 unspecified atom stereocenters. The molecular formula is C14H13ClN2O3. The zero-order chi connectivity index (χ0) is 14.1. The lowest BCUT2D eigenvalue weighted by atomic mass is 10.2. The van der Waals surface area contributed by atoms with Crippen LogP contribution in [0, 0.1) is 5.92 Å². The van der Waals surface area contributed by atoms with Gasteiger partial charge in [-0.15, -0.1) is 0 Å². The lowest BCUT2D eigenvalue weighted by molar-refractivity contribution is -0.119. The van der Waals surface area contributed by atoms with Gasteiger partial charge in [-0.05, 0) is 31.0 Å². The van der Waals surface area contributed by atoms with Gasteiger partial charge < -0.3 is 9.26 Å². The first-order valence-electron chi connectivity index (χ1n) is 6.36. The number of methoxy groups -OCH3 is 1. The average Bonchev–Trinajstić information content (AvgIpc) is 3.20. The molecule has 1 fully saturated rings. The first kappa shape index (κ1) is 13.1. The van der Waals surface area contributed by atoms with Gasteiger partial charge >= 0.3 is 0 Å². The third kappa shape index (κ3) is 2.67. The van der Waals surface area contributed by atoms with Gasteiger partial charge in [0, 0.05) is 10.9 Å². The molecule has 1 aliphatic carbocycles. The molecule has 2 aromatic rings. The van der Waals surface area contributed by atoms with Gasteiger partial charge in [-0.1, -0.05) is 16.8 Å². The Balaban J connectivity index is 1.84. The van der Waals surface area contributed by atoms with Crippen molar-refractivity contribution in [2.24, 2.45) is 5.92 Å². The second-order valence-electron chi connectivity index (χ2n) is 4.77. The van der Waals surface area contributed by atoms with Crippen molar-refractivity contribution in [3.05, 3.63) is 29.1 Å². The van der Waals surface area contributed by atoms with Crippen LogP contribution in [0.1, 0.15) is 18.7 Å². The largest absolute Gasteiger partial charge is 0.496 e. The Morgan fingerprint density at radius 1 is 1.50 bits per heavy atom. The zero-order valence-corrected chi connectivity index (χ0v) is 11.7. The van der Waals surface area contributed by atoms with E-state index in [4.69, 9.17) is 20.9 Å². The normalized spacial score (nSPS) is 14.3. The van der Waals surface area contributed by atoms with Crippen molar-refractivity contribution in [2.75, 3.05) is 7.11 Å². The minimum atomic E-state index is 0.170. The van der Waals surface area contributed by atoms with Gasteiger partial charge in [-0.3, -0.25) is 4.79 Å². The molecule has 0 radical (unpaired) electrons. The Hall–Kier alpha value is -1.88. The Bertz CT molecular complexity index is 650. The highest BCUT2D eigenvalue weighted by molar-refractivity contribution is 6.30. The molecule has 20 heavy (non-hydrogen) atoms. The quantitative estimate of drug-likeness (QED) is 0.848. The number of carbonyl (C=O) groups is 1. The fraction of sp³-hybridized carbons (Fsp3) is 0.357. The number of ether oxygens (including phenoxy) is 1. The number of aromatic nitrogens is 2. The molecule has 0 bridgehead atoms. The number of hydrogen-bond acceptors (Lipinski definition) is 5. The Morgan fingerprint density at radius 3 is 3.00 bits per heavy atom. The van der Waals surface area contributed by atoms with Gasteiger partial charge in [0.2, 0.25) is 11.7 Å². The highest BCUT2D eigenvalue weighted by Gasteiger charge is 2.30. The summed E-state index contributed by atoms with van der Waals surface area (Å²) in [5.74, 6) is 1.67. The van der Waals surface area contributed by atoms with Crippen molar-refractivity contribution >= 4 is 17.4 Å². The minimum absolute atomic E-state index is 0.170. The van der Waals surface area contributed by atoms with Crippen LogP contribution in [0.25, 0.3) is 11.4 Å². The van der Waals surface area contributed by atoms with E-state index in [1.807, 2.05) is 0 Å². The van der Waals surface area contributed by atoms with Crippen LogP contribution in [0.2, 0.25) is 5.02 Å². The highest BCUT2D eigenvalue weighted by Crippen LogP contribution is 2.32. The van der Waals surface area contributed by atoms with Gasteiger partial charge in [0.05, 0.1) is 19.1 Å². The van der Waals surface area contributed by atoms with Crippen molar-refractivity contribution in [3.8, 4) is 17.1 Å². The van der Waals surface area contributed by atoms with E-state index in [-0.39, 0.29) is 18.1 Å². The topological polar surface area (TPSA) is 65.2 Å². The van der Waals surface area contributed by atoms with E-state index in [9.17, 15) is 4.79 Å². The molecule has 1 aliphatic rings. The van der Waals surface area contributed by atoms with E-state index in [0.717, 1.165) is 12.8 Å². The standard InChI is InChI=1S/C14H13ClN2O3/c1-19-12-6-9(15)4-5-10(12)14-16-13(20-17-14)7-11(18)8-2-3-8/h4-6,8H,2-3,7H2,1H3. The van der Waals surface area contributed by atoms with Gasteiger partial charge in [-0.2, -0.15) is 4.98 Å². The highest BCUT2D eigenvalue weighted by atomic mass is 35.5. The van der Waals surface area contributed by atoms with Crippen LogP contribution in [0.3, 0.4) is 0 Å². The van der Waals surface area contributed by atoms with E-state index in [1.54, 1.807) is 25.3 Å². The summed E-state index contributed by atoms with van der Waals surface area (Å²) in [5, 5.41) is 4.46. The third-order valence-electron chi connectivity index (χ3n) is 3.23. The molecule has 0 atom stereocenters. The van der Waals surface area contributed by atoms with Crippen LogP contribution in [0.15, 0.2) is 22.7 Å². The number of nitrogens with zero attached hydrogens (tertiary/aromatic N) is 2. The van der Waals surface area contributed by atoms with Crippen molar-refractivity contribution in [1.82, 2.24) is 10.1 Å². The second-order valence-corrected chi connectivity index (χ2v) is 5.21. The smallest absolute Gasteiger partial charge is 0.234 e. The maximum atomic E-state index is 11.7. The molecule has 0 spiro atoms. The molecule has 3 rings (SSSR count). The lowest BCUT2D eigenvalue weighted by Gasteiger charge is -2.04. The minimum Gasteiger partial charge on any atom is -0.496 e. The third-order valence-corrected chi connectivity index (χ3v) is 3.47. The number of benzene rings is 1. The summed E-state index contributed by atoms with van der Waals surface area (Å²) in [6, 6.07) is 5.17. The Morgan fingerprint density at radius 2 is 2.30 bits per heavy atom. The van der Waals surface area contributed by atoms with Crippen LogP contribution in [-0.4, -0.2) is 23.0 Å².